The lowest BCUT2D eigenvalue weighted by molar-refractivity contribution is -0.384. The number of hydrogen-bond acceptors (Lipinski definition) is 7. The summed E-state index contributed by atoms with van der Waals surface area (Å²) >= 11 is 0. The molecule has 1 fully saturated rings. The summed E-state index contributed by atoms with van der Waals surface area (Å²) in [5.74, 6) is 0.233. The SMILES string of the molecule is CN(C)c1cc(C(F)(F)F)nc(N2CCN(c3ccc([N+](=O)[O-])cc3)CC2)n1. The summed E-state index contributed by atoms with van der Waals surface area (Å²) in [7, 11) is 3.25. The fourth-order valence-electron chi connectivity index (χ4n) is 2.89. The van der Waals surface area contributed by atoms with E-state index in [1.54, 1.807) is 31.1 Å². The van der Waals surface area contributed by atoms with Crippen LogP contribution >= 0.6 is 0 Å². The molecule has 1 aliphatic rings. The molecule has 0 atom stereocenters. The quantitative estimate of drug-likeness (QED) is 0.581. The van der Waals surface area contributed by atoms with Gasteiger partial charge in [-0.3, -0.25) is 10.1 Å². The molecule has 0 bridgehead atoms. The Balaban J connectivity index is 1.75. The molecule has 1 aromatic carbocycles. The van der Waals surface area contributed by atoms with Crippen molar-refractivity contribution in [1.29, 1.82) is 0 Å². The number of piperazine rings is 1. The summed E-state index contributed by atoms with van der Waals surface area (Å²) in [5, 5.41) is 10.7. The number of benzene rings is 1. The maximum Gasteiger partial charge on any atom is 0.433 e. The van der Waals surface area contributed by atoms with Crippen molar-refractivity contribution < 1.29 is 18.1 Å². The highest BCUT2D eigenvalue weighted by molar-refractivity contribution is 5.53. The zero-order valence-corrected chi connectivity index (χ0v) is 15.3. The second-order valence-corrected chi connectivity index (χ2v) is 6.55. The van der Waals surface area contributed by atoms with E-state index in [9.17, 15) is 23.3 Å². The molecule has 1 aromatic heterocycles. The molecule has 0 radical (unpaired) electrons. The van der Waals surface area contributed by atoms with E-state index in [1.807, 2.05) is 4.90 Å². The molecular weight excluding hydrogens is 377 g/mol. The average Bonchev–Trinajstić information content (AvgIpc) is 2.67. The first-order valence-electron chi connectivity index (χ1n) is 8.53. The number of non-ortho nitro benzene ring substituents is 1. The molecule has 150 valence electrons. The zero-order chi connectivity index (χ0) is 20.5. The van der Waals surface area contributed by atoms with Crippen molar-refractivity contribution in [3.05, 3.63) is 46.1 Å². The van der Waals surface area contributed by atoms with Gasteiger partial charge in [-0.25, -0.2) is 4.98 Å². The van der Waals surface area contributed by atoms with Gasteiger partial charge >= 0.3 is 6.18 Å². The van der Waals surface area contributed by atoms with Crippen LogP contribution in [0.25, 0.3) is 0 Å². The monoisotopic (exact) mass is 396 g/mol. The molecular formula is C17H19F3N6O2. The molecule has 1 saturated heterocycles. The Morgan fingerprint density at radius 2 is 1.61 bits per heavy atom. The molecule has 0 spiro atoms. The van der Waals surface area contributed by atoms with E-state index < -0.39 is 16.8 Å². The second-order valence-electron chi connectivity index (χ2n) is 6.55. The van der Waals surface area contributed by atoms with Crippen LogP contribution in [0.2, 0.25) is 0 Å². The first-order chi connectivity index (χ1) is 13.1. The van der Waals surface area contributed by atoms with Gasteiger partial charge in [-0.15, -0.1) is 0 Å². The van der Waals surface area contributed by atoms with Crippen LogP contribution < -0.4 is 14.7 Å². The van der Waals surface area contributed by atoms with Crippen LogP contribution in [0.4, 0.5) is 36.3 Å². The average molecular weight is 396 g/mol. The highest BCUT2D eigenvalue weighted by Crippen LogP contribution is 2.31. The Morgan fingerprint density at radius 3 is 2.11 bits per heavy atom. The number of nitro groups is 1. The van der Waals surface area contributed by atoms with E-state index in [0.29, 0.717) is 26.2 Å². The fourth-order valence-corrected chi connectivity index (χ4v) is 2.89. The summed E-state index contributed by atoms with van der Waals surface area (Å²) in [5.41, 5.74) is -0.140. The summed E-state index contributed by atoms with van der Waals surface area (Å²) in [6.07, 6.45) is -4.55. The number of anilines is 3. The van der Waals surface area contributed by atoms with E-state index in [4.69, 9.17) is 0 Å². The standard InChI is InChI=1S/C17H19F3N6O2/c1-23(2)15-11-14(17(18,19)20)21-16(22-15)25-9-7-24(8-10-25)12-3-5-13(6-4-12)26(27)28/h3-6,11H,7-10H2,1-2H3. The van der Waals surface area contributed by atoms with Crippen molar-refractivity contribution in [3.8, 4) is 0 Å². The predicted octanol–water partition coefficient (Wildman–Crippen LogP) is 2.80. The minimum Gasteiger partial charge on any atom is -0.368 e. The van der Waals surface area contributed by atoms with Gasteiger partial charge in [-0.2, -0.15) is 18.2 Å². The first kappa shape index (κ1) is 19.6. The lowest BCUT2D eigenvalue weighted by atomic mass is 10.2. The molecule has 0 N–H and O–H groups in total. The maximum atomic E-state index is 13.2. The minimum absolute atomic E-state index is 0.0102. The molecule has 0 aliphatic carbocycles. The smallest absolute Gasteiger partial charge is 0.368 e. The van der Waals surface area contributed by atoms with Gasteiger partial charge in [-0.05, 0) is 12.1 Å². The number of hydrogen-bond donors (Lipinski definition) is 0. The van der Waals surface area contributed by atoms with E-state index in [1.165, 1.54) is 17.0 Å². The number of aromatic nitrogens is 2. The summed E-state index contributed by atoms with van der Waals surface area (Å²) in [6, 6.07) is 7.12. The molecule has 2 aromatic rings. The van der Waals surface area contributed by atoms with Crippen LogP contribution in [0.15, 0.2) is 30.3 Å². The van der Waals surface area contributed by atoms with Gasteiger partial charge in [0.25, 0.3) is 5.69 Å². The number of nitrogens with zero attached hydrogens (tertiary/aromatic N) is 6. The van der Waals surface area contributed by atoms with Crippen molar-refractivity contribution in [2.75, 3.05) is 55.0 Å². The highest BCUT2D eigenvalue weighted by Gasteiger charge is 2.35. The van der Waals surface area contributed by atoms with Crippen molar-refractivity contribution in [2.24, 2.45) is 0 Å². The number of rotatable bonds is 4. The van der Waals surface area contributed by atoms with Gasteiger partial charge in [0.1, 0.15) is 5.82 Å². The third kappa shape index (κ3) is 4.24. The third-order valence-electron chi connectivity index (χ3n) is 4.44. The highest BCUT2D eigenvalue weighted by atomic mass is 19.4. The molecule has 0 saturated carbocycles. The van der Waals surface area contributed by atoms with Crippen molar-refractivity contribution in [1.82, 2.24) is 9.97 Å². The molecule has 2 heterocycles. The van der Waals surface area contributed by atoms with Gasteiger partial charge in [0.15, 0.2) is 5.69 Å². The van der Waals surface area contributed by atoms with E-state index in [0.717, 1.165) is 11.8 Å². The number of nitro benzene ring substituents is 1. The topological polar surface area (TPSA) is 78.6 Å². The summed E-state index contributed by atoms with van der Waals surface area (Å²) < 4.78 is 39.5. The van der Waals surface area contributed by atoms with Crippen LogP contribution in [0.5, 0.6) is 0 Å². The second kappa shape index (κ2) is 7.49. The molecule has 0 amide bonds. The normalized spacial score (nSPS) is 14.9. The molecule has 3 rings (SSSR count). The Hall–Kier alpha value is -3.11. The maximum absolute atomic E-state index is 13.2. The van der Waals surface area contributed by atoms with Gasteiger partial charge < -0.3 is 14.7 Å². The lowest BCUT2D eigenvalue weighted by Gasteiger charge is -2.36. The predicted molar refractivity (Wildman–Crippen MR) is 98.9 cm³/mol. The molecule has 0 unspecified atom stereocenters. The first-order valence-corrected chi connectivity index (χ1v) is 8.53. The Kier molecular flexibility index (Phi) is 5.25. The van der Waals surface area contributed by atoms with Crippen LogP contribution in [-0.4, -0.2) is 55.2 Å². The summed E-state index contributed by atoms with van der Waals surface area (Å²) in [4.78, 5) is 23.5. The van der Waals surface area contributed by atoms with E-state index >= 15 is 0 Å². The number of halogens is 3. The van der Waals surface area contributed by atoms with Gasteiger partial charge in [-0.1, -0.05) is 0 Å². The Labute approximate surface area is 159 Å². The fraction of sp³-hybridized carbons (Fsp3) is 0.412. The number of alkyl halides is 3. The lowest BCUT2D eigenvalue weighted by Crippen LogP contribution is -2.47. The molecule has 28 heavy (non-hydrogen) atoms. The van der Waals surface area contributed by atoms with Crippen LogP contribution in [0.1, 0.15) is 5.69 Å². The van der Waals surface area contributed by atoms with Crippen molar-refractivity contribution in [2.45, 2.75) is 6.18 Å². The van der Waals surface area contributed by atoms with Gasteiger partial charge in [0.2, 0.25) is 5.95 Å². The van der Waals surface area contributed by atoms with Gasteiger partial charge in [0.05, 0.1) is 4.92 Å². The van der Waals surface area contributed by atoms with Crippen LogP contribution in [-0.2, 0) is 6.18 Å². The zero-order valence-electron chi connectivity index (χ0n) is 15.3. The van der Waals surface area contributed by atoms with E-state index in [-0.39, 0.29) is 17.5 Å². The van der Waals surface area contributed by atoms with Crippen molar-refractivity contribution in [3.63, 3.8) is 0 Å². The summed E-state index contributed by atoms with van der Waals surface area (Å²) in [6.45, 7) is 1.94. The molecule has 11 heteroatoms. The minimum atomic E-state index is -4.55. The van der Waals surface area contributed by atoms with E-state index in [2.05, 4.69) is 9.97 Å². The third-order valence-corrected chi connectivity index (χ3v) is 4.44. The molecule has 1 aliphatic heterocycles. The van der Waals surface area contributed by atoms with Crippen LogP contribution in [0, 0.1) is 10.1 Å². The Bertz CT molecular complexity index is 849. The Morgan fingerprint density at radius 1 is 1.04 bits per heavy atom. The van der Waals surface area contributed by atoms with Crippen molar-refractivity contribution >= 4 is 23.1 Å². The van der Waals surface area contributed by atoms with Gasteiger partial charge in [0, 0.05) is 64.2 Å². The largest absolute Gasteiger partial charge is 0.433 e. The van der Waals surface area contributed by atoms with Crippen LogP contribution in [0.3, 0.4) is 0 Å². The molecule has 8 nitrogen and oxygen atoms in total.